The Morgan fingerprint density at radius 3 is 2.39 bits per heavy atom. The molecule has 0 saturated carbocycles. The van der Waals surface area contributed by atoms with E-state index in [1.807, 2.05) is 0 Å². The van der Waals surface area contributed by atoms with Gasteiger partial charge in [-0.15, -0.1) is 0 Å². The van der Waals surface area contributed by atoms with Gasteiger partial charge in [-0.1, -0.05) is 17.3 Å². The first-order valence-electron chi connectivity index (χ1n) is 6.98. The fourth-order valence-electron chi connectivity index (χ4n) is 2.27. The first-order valence-corrected chi connectivity index (χ1v) is 8.42. The van der Waals surface area contributed by atoms with E-state index in [0.717, 1.165) is 4.31 Å². The molecule has 0 bridgehead atoms. The maximum atomic E-state index is 12.6. The lowest BCUT2D eigenvalue weighted by Gasteiger charge is -2.20. The van der Waals surface area contributed by atoms with E-state index >= 15 is 0 Å². The number of sulfonamides is 1. The summed E-state index contributed by atoms with van der Waals surface area (Å²) in [4.78, 5) is 0.0435. The van der Waals surface area contributed by atoms with Crippen molar-refractivity contribution in [1.82, 2.24) is 9.46 Å². The van der Waals surface area contributed by atoms with E-state index in [2.05, 4.69) is 5.16 Å². The monoisotopic (exact) mass is 340 g/mol. The number of aromatic nitrogens is 1. The summed E-state index contributed by atoms with van der Waals surface area (Å²) in [6.45, 7) is 3.02. The van der Waals surface area contributed by atoms with Gasteiger partial charge in [-0.3, -0.25) is 0 Å². The predicted molar refractivity (Wildman–Crippen MR) is 83.7 cm³/mol. The molecule has 0 aliphatic heterocycles. The molecule has 23 heavy (non-hydrogen) atoms. The number of nitrogens with zero attached hydrogens (tertiary/aromatic N) is 2. The molecule has 8 heteroatoms. The second kappa shape index (κ2) is 6.69. The molecule has 0 spiro atoms. The number of hydrogen-bond acceptors (Lipinski definition) is 6. The van der Waals surface area contributed by atoms with E-state index in [4.69, 9.17) is 9.26 Å². The van der Waals surface area contributed by atoms with Crippen molar-refractivity contribution in [2.24, 2.45) is 0 Å². The smallest absolute Gasteiger partial charge is 0.248 e. The second-order valence-corrected chi connectivity index (χ2v) is 7.21. The number of rotatable bonds is 6. The Morgan fingerprint density at radius 2 is 1.91 bits per heavy atom. The van der Waals surface area contributed by atoms with Crippen molar-refractivity contribution in [3.05, 3.63) is 41.3 Å². The van der Waals surface area contributed by atoms with Gasteiger partial charge >= 0.3 is 0 Å². The molecule has 0 saturated heterocycles. The van der Waals surface area contributed by atoms with E-state index in [1.165, 1.54) is 7.05 Å². The fourth-order valence-corrected chi connectivity index (χ4v) is 3.73. The molecule has 0 radical (unpaired) electrons. The Balaban J connectivity index is 2.18. The first-order chi connectivity index (χ1) is 10.8. The quantitative estimate of drug-likeness (QED) is 0.859. The molecule has 2 rings (SSSR count). The van der Waals surface area contributed by atoms with Crippen molar-refractivity contribution >= 4 is 10.0 Å². The molecular formula is C15H20N2O5S. The lowest BCUT2D eigenvalue weighted by Crippen LogP contribution is -2.31. The summed E-state index contributed by atoms with van der Waals surface area (Å²) in [7, 11) is -0.819. The second-order valence-electron chi connectivity index (χ2n) is 5.23. The largest absolute Gasteiger partial charge is 0.497 e. The van der Waals surface area contributed by atoms with Crippen LogP contribution in [-0.4, -0.2) is 43.7 Å². The highest BCUT2D eigenvalue weighted by Crippen LogP contribution is 2.25. The third-order valence-electron chi connectivity index (χ3n) is 3.57. The lowest BCUT2D eigenvalue weighted by molar-refractivity contribution is 0.155. The van der Waals surface area contributed by atoms with Crippen LogP contribution in [0, 0.1) is 13.8 Å². The van der Waals surface area contributed by atoms with Crippen molar-refractivity contribution < 1.29 is 22.8 Å². The number of benzene rings is 1. The molecule has 1 N–H and O–H groups in total. The SMILES string of the molecule is COc1ccc(C(O)CN(C)S(=O)(=O)c2c(C)noc2C)cc1. The zero-order valence-corrected chi connectivity index (χ0v) is 14.3. The van der Waals surface area contributed by atoms with Crippen LogP contribution in [0.5, 0.6) is 5.75 Å². The number of ether oxygens (including phenoxy) is 1. The summed E-state index contributed by atoms with van der Waals surface area (Å²) in [5.41, 5.74) is 0.903. The van der Waals surface area contributed by atoms with Gasteiger partial charge in [0.25, 0.3) is 0 Å². The summed E-state index contributed by atoms with van der Waals surface area (Å²) in [6.07, 6.45) is -0.957. The van der Waals surface area contributed by atoms with Crippen LogP contribution in [0.25, 0.3) is 0 Å². The van der Waals surface area contributed by atoms with Crippen LogP contribution in [0.4, 0.5) is 0 Å². The van der Waals surface area contributed by atoms with E-state index in [1.54, 1.807) is 45.2 Å². The van der Waals surface area contributed by atoms with Crippen molar-refractivity contribution in [2.75, 3.05) is 20.7 Å². The zero-order chi connectivity index (χ0) is 17.2. The molecule has 1 heterocycles. The molecule has 0 amide bonds. The third kappa shape index (κ3) is 3.54. The topological polar surface area (TPSA) is 92.9 Å². The Bertz CT molecular complexity index is 748. The summed E-state index contributed by atoms with van der Waals surface area (Å²) in [5, 5.41) is 13.9. The van der Waals surface area contributed by atoms with Gasteiger partial charge in [0.05, 0.1) is 13.2 Å². The van der Waals surface area contributed by atoms with E-state index in [0.29, 0.717) is 17.0 Å². The van der Waals surface area contributed by atoms with Crippen LogP contribution < -0.4 is 4.74 Å². The highest BCUT2D eigenvalue weighted by Gasteiger charge is 2.30. The molecular weight excluding hydrogens is 320 g/mol. The average Bonchev–Trinajstić information content (AvgIpc) is 2.86. The molecule has 126 valence electrons. The molecule has 1 aromatic heterocycles. The standard InChI is InChI=1S/C15H20N2O5S/c1-10-15(11(2)22-16-10)23(19,20)17(3)9-14(18)12-5-7-13(21-4)8-6-12/h5-8,14,18H,9H2,1-4H3. The number of likely N-dealkylation sites (N-methyl/N-ethyl adjacent to an activating group) is 1. The highest BCUT2D eigenvalue weighted by molar-refractivity contribution is 7.89. The van der Waals surface area contributed by atoms with Crippen LogP contribution in [0.15, 0.2) is 33.7 Å². The van der Waals surface area contributed by atoms with Crippen LogP contribution >= 0.6 is 0 Å². The molecule has 0 aliphatic rings. The minimum atomic E-state index is -3.78. The average molecular weight is 340 g/mol. The van der Waals surface area contributed by atoms with Crippen LogP contribution in [0.3, 0.4) is 0 Å². The highest BCUT2D eigenvalue weighted by atomic mass is 32.2. The Morgan fingerprint density at radius 1 is 1.30 bits per heavy atom. The number of aliphatic hydroxyl groups excluding tert-OH is 1. The van der Waals surface area contributed by atoms with Gasteiger partial charge in [0.1, 0.15) is 16.3 Å². The molecule has 1 atom stereocenters. The van der Waals surface area contributed by atoms with Crippen molar-refractivity contribution in [2.45, 2.75) is 24.8 Å². The number of hydrogen-bond donors (Lipinski definition) is 1. The fraction of sp³-hybridized carbons (Fsp3) is 0.400. The minimum absolute atomic E-state index is 0.0435. The van der Waals surface area contributed by atoms with Crippen LogP contribution in [0.1, 0.15) is 23.1 Å². The van der Waals surface area contributed by atoms with Gasteiger partial charge in [0.2, 0.25) is 10.0 Å². The lowest BCUT2D eigenvalue weighted by atomic mass is 10.1. The van der Waals surface area contributed by atoms with Gasteiger partial charge in [-0.2, -0.15) is 4.31 Å². The maximum Gasteiger partial charge on any atom is 0.248 e. The summed E-state index contributed by atoms with van der Waals surface area (Å²) in [6, 6.07) is 6.81. The summed E-state index contributed by atoms with van der Waals surface area (Å²) < 4.78 is 36.3. The van der Waals surface area contributed by atoms with E-state index < -0.39 is 16.1 Å². The Labute approximate surface area is 135 Å². The van der Waals surface area contributed by atoms with Gasteiger partial charge in [0.15, 0.2) is 5.76 Å². The molecule has 1 aromatic carbocycles. The van der Waals surface area contributed by atoms with Gasteiger partial charge in [0, 0.05) is 13.6 Å². The van der Waals surface area contributed by atoms with E-state index in [9.17, 15) is 13.5 Å². The number of methoxy groups -OCH3 is 1. The van der Waals surface area contributed by atoms with Gasteiger partial charge < -0.3 is 14.4 Å². The molecule has 0 fully saturated rings. The van der Waals surface area contributed by atoms with Gasteiger partial charge in [-0.25, -0.2) is 8.42 Å². The summed E-state index contributed by atoms with van der Waals surface area (Å²) in [5.74, 6) is 0.894. The number of aliphatic hydroxyl groups is 1. The summed E-state index contributed by atoms with van der Waals surface area (Å²) >= 11 is 0. The maximum absolute atomic E-state index is 12.6. The van der Waals surface area contributed by atoms with Gasteiger partial charge in [-0.05, 0) is 31.5 Å². The van der Waals surface area contributed by atoms with Crippen LogP contribution in [-0.2, 0) is 10.0 Å². The third-order valence-corrected chi connectivity index (χ3v) is 5.64. The van der Waals surface area contributed by atoms with Crippen molar-refractivity contribution in [3.8, 4) is 5.75 Å². The van der Waals surface area contributed by atoms with Crippen molar-refractivity contribution in [3.63, 3.8) is 0 Å². The molecule has 7 nitrogen and oxygen atoms in total. The molecule has 1 unspecified atom stereocenters. The molecule has 2 aromatic rings. The first kappa shape index (κ1) is 17.5. The minimum Gasteiger partial charge on any atom is -0.497 e. The Hall–Kier alpha value is -1.90. The van der Waals surface area contributed by atoms with Crippen molar-refractivity contribution in [1.29, 1.82) is 0 Å². The number of aryl methyl sites for hydroxylation is 2. The van der Waals surface area contributed by atoms with E-state index in [-0.39, 0.29) is 17.2 Å². The zero-order valence-electron chi connectivity index (χ0n) is 13.5. The molecule has 0 aliphatic carbocycles. The van der Waals surface area contributed by atoms with Crippen LogP contribution in [0.2, 0.25) is 0 Å². The predicted octanol–water partition coefficient (Wildman–Crippen LogP) is 1.65. The normalized spacial score (nSPS) is 13.3. The Kier molecular flexibility index (Phi) is 5.08.